The first kappa shape index (κ1) is 9.44. The zero-order valence-electron chi connectivity index (χ0n) is 8.16. The molecule has 1 aromatic carbocycles. The lowest BCUT2D eigenvalue weighted by atomic mass is 9.94. The third-order valence-corrected chi connectivity index (χ3v) is 2.73. The van der Waals surface area contributed by atoms with Crippen LogP contribution in [0.3, 0.4) is 0 Å². The topological polar surface area (TPSA) is 32.3 Å². The Morgan fingerprint density at radius 2 is 2.36 bits per heavy atom. The molecular weight excluding hydrogens is 174 g/mol. The van der Waals surface area contributed by atoms with Crippen molar-refractivity contribution in [2.45, 2.75) is 19.0 Å². The van der Waals surface area contributed by atoms with Crippen LogP contribution >= 0.6 is 0 Å². The minimum atomic E-state index is 0.211. The van der Waals surface area contributed by atoms with Crippen molar-refractivity contribution in [3.63, 3.8) is 0 Å². The number of aliphatic hydroxyl groups is 1. The summed E-state index contributed by atoms with van der Waals surface area (Å²) in [5.74, 6) is 0. The van der Waals surface area contributed by atoms with E-state index in [0.29, 0.717) is 0 Å². The summed E-state index contributed by atoms with van der Waals surface area (Å²) < 4.78 is 0. The number of hydrogen-bond donors (Lipinski definition) is 2. The van der Waals surface area contributed by atoms with Crippen molar-refractivity contribution in [1.82, 2.24) is 5.32 Å². The molecule has 0 aliphatic carbocycles. The van der Waals surface area contributed by atoms with Crippen molar-refractivity contribution >= 4 is 6.08 Å². The van der Waals surface area contributed by atoms with Gasteiger partial charge in [0, 0.05) is 12.6 Å². The number of aliphatic hydroxyl groups excluding tert-OH is 1. The van der Waals surface area contributed by atoms with Gasteiger partial charge in [-0.15, -0.1) is 0 Å². The second-order valence-corrected chi connectivity index (χ2v) is 3.70. The first-order chi connectivity index (χ1) is 6.83. The van der Waals surface area contributed by atoms with Crippen molar-refractivity contribution in [3.8, 4) is 0 Å². The van der Waals surface area contributed by atoms with E-state index in [9.17, 15) is 0 Å². The van der Waals surface area contributed by atoms with E-state index in [1.807, 2.05) is 6.08 Å². The highest BCUT2D eigenvalue weighted by molar-refractivity contribution is 5.50. The van der Waals surface area contributed by atoms with Crippen LogP contribution in [0.1, 0.15) is 16.7 Å². The molecule has 1 heterocycles. The summed E-state index contributed by atoms with van der Waals surface area (Å²) in [6, 6.07) is 6.58. The van der Waals surface area contributed by atoms with E-state index in [1.165, 1.54) is 11.1 Å². The molecule has 0 aromatic heterocycles. The first-order valence-corrected chi connectivity index (χ1v) is 4.92. The van der Waals surface area contributed by atoms with Crippen LogP contribution in [-0.4, -0.2) is 17.8 Å². The van der Waals surface area contributed by atoms with Gasteiger partial charge in [0.15, 0.2) is 0 Å². The third-order valence-electron chi connectivity index (χ3n) is 2.73. The minimum Gasteiger partial charge on any atom is -0.395 e. The van der Waals surface area contributed by atoms with Crippen molar-refractivity contribution < 1.29 is 5.11 Å². The summed E-state index contributed by atoms with van der Waals surface area (Å²) in [5, 5.41) is 12.3. The summed E-state index contributed by atoms with van der Waals surface area (Å²) >= 11 is 0. The van der Waals surface area contributed by atoms with Crippen LogP contribution in [0.2, 0.25) is 0 Å². The maximum atomic E-state index is 9.04. The van der Waals surface area contributed by atoms with Gasteiger partial charge >= 0.3 is 0 Å². The monoisotopic (exact) mass is 189 g/mol. The second kappa shape index (κ2) is 3.95. The van der Waals surface area contributed by atoms with Crippen LogP contribution in [0.15, 0.2) is 24.8 Å². The molecule has 1 aliphatic rings. The van der Waals surface area contributed by atoms with Gasteiger partial charge in [-0.25, -0.2) is 0 Å². The van der Waals surface area contributed by atoms with E-state index in [0.717, 1.165) is 18.5 Å². The molecule has 0 bridgehead atoms. The van der Waals surface area contributed by atoms with Crippen LogP contribution in [-0.2, 0) is 13.0 Å². The molecule has 0 saturated heterocycles. The zero-order valence-corrected chi connectivity index (χ0v) is 8.16. The Morgan fingerprint density at radius 3 is 3.07 bits per heavy atom. The number of benzene rings is 1. The van der Waals surface area contributed by atoms with Gasteiger partial charge in [-0.1, -0.05) is 30.9 Å². The lowest BCUT2D eigenvalue weighted by molar-refractivity contribution is 0.236. The van der Waals surface area contributed by atoms with E-state index in [1.54, 1.807) is 0 Å². The predicted molar refractivity (Wildman–Crippen MR) is 58.0 cm³/mol. The number of rotatable bonds is 2. The van der Waals surface area contributed by atoms with E-state index >= 15 is 0 Å². The van der Waals surface area contributed by atoms with Gasteiger partial charge in [0.1, 0.15) is 0 Å². The molecule has 2 N–H and O–H groups in total. The van der Waals surface area contributed by atoms with E-state index in [4.69, 9.17) is 5.11 Å². The van der Waals surface area contributed by atoms with Gasteiger partial charge in [0.25, 0.3) is 0 Å². The van der Waals surface area contributed by atoms with Crippen molar-refractivity contribution in [3.05, 3.63) is 41.5 Å². The highest BCUT2D eigenvalue weighted by atomic mass is 16.3. The quantitative estimate of drug-likeness (QED) is 0.735. The predicted octanol–water partition coefficient (Wildman–Crippen LogP) is 1.34. The van der Waals surface area contributed by atoms with Crippen LogP contribution in [0.4, 0.5) is 0 Å². The first-order valence-electron chi connectivity index (χ1n) is 4.92. The molecule has 0 amide bonds. The molecule has 0 fully saturated rings. The van der Waals surface area contributed by atoms with E-state index < -0.39 is 0 Å². The number of hydrogen-bond acceptors (Lipinski definition) is 2. The summed E-state index contributed by atoms with van der Waals surface area (Å²) in [5.41, 5.74) is 3.83. The van der Waals surface area contributed by atoms with Gasteiger partial charge in [0.2, 0.25) is 0 Å². The van der Waals surface area contributed by atoms with Gasteiger partial charge in [0.05, 0.1) is 6.61 Å². The Bertz CT molecular complexity index is 346. The summed E-state index contributed by atoms with van der Waals surface area (Å²) in [6.45, 7) is 4.81. The standard InChI is InChI=1S/C12H15NO/c1-2-9-3-4-10-6-12(8-14)13-7-11(10)5-9/h2-5,12-14H,1,6-8H2/t12-/m0/s1. The summed E-state index contributed by atoms with van der Waals surface area (Å²) in [6.07, 6.45) is 2.78. The average molecular weight is 189 g/mol. The number of nitrogens with one attached hydrogen (secondary N) is 1. The Morgan fingerprint density at radius 1 is 1.50 bits per heavy atom. The van der Waals surface area contributed by atoms with Crippen molar-refractivity contribution in [2.24, 2.45) is 0 Å². The highest BCUT2D eigenvalue weighted by Gasteiger charge is 2.16. The third kappa shape index (κ3) is 1.72. The van der Waals surface area contributed by atoms with Crippen molar-refractivity contribution in [2.75, 3.05) is 6.61 Å². The molecule has 0 unspecified atom stereocenters. The highest BCUT2D eigenvalue weighted by Crippen LogP contribution is 2.18. The van der Waals surface area contributed by atoms with Crippen LogP contribution in [0.25, 0.3) is 6.08 Å². The Kier molecular flexibility index (Phi) is 2.66. The molecule has 2 rings (SSSR count). The van der Waals surface area contributed by atoms with E-state index in [-0.39, 0.29) is 12.6 Å². The Labute approximate surface area is 84.3 Å². The Hall–Kier alpha value is -1.12. The van der Waals surface area contributed by atoms with Crippen LogP contribution < -0.4 is 5.32 Å². The van der Waals surface area contributed by atoms with Crippen molar-refractivity contribution in [1.29, 1.82) is 0 Å². The molecule has 1 atom stereocenters. The van der Waals surface area contributed by atoms with Gasteiger partial charge in [-0.3, -0.25) is 0 Å². The fourth-order valence-corrected chi connectivity index (χ4v) is 1.86. The maximum Gasteiger partial charge on any atom is 0.0587 e. The summed E-state index contributed by atoms with van der Waals surface area (Å²) in [4.78, 5) is 0. The Balaban J connectivity index is 2.27. The smallest absolute Gasteiger partial charge is 0.0587 e. The normalized spacial score (nSPS) is 20.2. The average Bonchev–Trinajstić information content (AvgIpc) is 2.27. The second-order valence-electron chi connectivity index (χ2n) is 3.70. The fraction of sp³-hybridized carbons (Fsp3) is 0.333. The minimum absolute atomic E-state index is 0.211. The molecule has 1 aromatic rings. The SMILES string of the molecule is C=Cc1ccc2c(c1)CN[C@H](CO)C2. The molecular formula is C12H15NO. The summed E-state index contributed by atoms with van der Waals surface area (Å²) in [7, 11) is 0. The molecule has 0 saturated carbocycles. The fourth-order valence-electron chi connectivity index (χ4n) is 1.86. The largest absolute Gasteiger partial charge is 0.395 e. The molecule has 14 heavy (non-hydrogen) atoms. The van der Waals surface area contributed by atoms with Crippen LogP contribution in [0, 0.1) is 0 Å². The maximum absolute atomic E-state index is 9.04. The molecule has 2 nitrogen and oxygen atoms in total. The molecule has 74 valence electrons. The zero-order chi connectivity index (χ0) is 9.97. The number of fused-ring (bicyclic) bond motifs is 1. The van der Waals surface area contributed by atoms with Gasteiger partial charge in [-0.2, -0.15) is 0 Å². The lowest BCUT2D eigenvalue weighted by Gasteiger charge is -2.24. The molecule has 1 aliphatic heterocycles. The molecule has 0 spiro atoms. The lowest BCUT2D eigenvalue weighted by Crippen LogP contribution is -2.38. The van der Waals surface area contributed by atoms with E-state index in [2.05, 4.69) is 30.1 Å². The molecule has 0 radical (unpaired) electrons. The molecule has 2 heteroatoms. The van der Waals surface area contributed by atoms with Gasteiger partial charge in [-0.05, 0) is 23.1 Å². The van der Waals surface area contributed by atoms with Crippen LogP contribution in [0.5, 0.6) is 0 Å². The van der Waals surface area contributed by atoms with Gasteiger partial charge < -0.3 is 10.4 Å².